The van der Waals surface area contributed by atoms with E-state index < -0.39 is 29.0 Å². The van der Waals surface area contributed by atoms with Crippen LogP contribution in [0, 0.1) is 11.3 Å². The van der Waals surface area contributed by atoms with Crippen LogP contribution in [0.15, 0.2) is 334 Å². The number of benzene rings is 13. The van der Waals surface area contributed by atoms with Crippen LogP contribution in [-0.2, 0) is 12.4 Å². The standard InChI is InChI=1S/C93H61F6N7/c1-4-5-6-7-8-9-10-24-58(2)101(3)62-41-47-85-73(53-62)74-54-63(102-79-32-17-11-26-67(79)68-27-12-18-33-80(68)102)42-48-86(74)105(85)89-46-39-59(66-45-40-61(92(94,95)96)52-78(66)93(97,98)99)51-77(89)91-60(57-100)25-23-38-90(91)106-87-49-43-64(103-81-34-19-13-28-69(81)70-29-14-20-35-82(70)103)55-75(87)76-56-65(44-50-88(76)106)104-83-36-21-15-30-71(83)72-31-16-22-37-84(72)104/h4-56H,2H2,1,3H3/b5-4-,7-6-,9-8-,24-10-. The van der Waals surface area contributed by atoms with Gasteiger partial charge in [-0.2, -0.15) is 31.6 Å². The van der Waals surface area contributed by atoms with E-state index in [1.807, 2.05) is 165 Å². The maximum Gasteiger partial charge on any atom is 0.417 e. The number of alkyl halides is 6. The predicted octanol–water partition coefficient (Wildman–Crippen LogP) is 25.6. The highest BCUT2D eigenvalue weighted by molar-refractivity contribution is 6.17. The summed E-state index contributed by atoms with van der Waals surface area (Å²) in [5.41, 5.74) is 11.7. The first-order chi connectivity index (χ1) is 51.6. The number of para-hydroxylation sites is 6. The summed E-state index contributed by atoms with van der Waals surface area (Å²) in [5.74, 6) is 0. The summed E-state index contributed by atoms with van der Waals surface area (Å²) in [6.07, 6.45) is 5.22. The molecule has 5 aromatic heterocycles. The van der Waals surface area contributed by atoms with Crippen molar-refractivity contribution in [3.63, 3.8) is 0 Å². The van der Waals surface area contributed by atoms with Crippen molar-refractivity contribution < 1.29 is 26.3 Å². The Hall–Kier alpha value is -13.6. The Bertz CT molecular complexity index is 6550. The molecule has 0 bridgehead atoms. The van der Waals surface area contributed by atoms with Crippen LogP contribution < -0.4 is 4.90 Å². The molecule has 0 atom stereocenters. The molecule has 510 valence electrons. The Balaban J connectivity index is 0.924. The fourth-order valence-electron chi connectivity index (χ4n) is 16.0. The second kappa shape index (κ2) is 25.1. The minimum atomic E-state index is -5.22. The van der Waals surface area contributed by atoms with E-state index in [0.29, 0.717) is 39.8 Å². The fraction of sp³-hybridized carbons (Fsp3) is 0.0430. The summed E-state index contributed by atoms with van der Waals surface area (Å²) in [4.78, 5) is 2.00. The molecule has 0 aliphatic rings. The van der Waals surface area contributed by atoms with Crippen LogP contribution in [0.4, 0.5) is 32.0 Å². The number of anilines is 1. The van der Waals surface area contributed by atoms with Crippen molar-refractivity contribution in [2.24, 2.45) is 0 Å². The molecule has 13 heteroatoms. The van der Waals surface area contributed by atoms with Gasteiger partial charge in [-0.1, -0.05) is 177 Å². The number of allylic oxidation sites excluding steroid dienone is 8. The van der Waals surface area contributed by atoms with Crippen LogP contribution >= 0.6 is 0 Å². The molecule has 0 unspecified atom stereocenters. The molecule has 0 spiro atoms. The van der Waals surface area contributed by atoms with E-state index in [4.69, 9.17) is 0 Å². The van der Waals surface area contributed by atoms with E-state index in [1.54, 1.807) is 18.2 Å². The Morgan fingerprint density at radius 3 is 1.21 bits per heavy atom. The van der Waals surface area contributed by atoms with E-state index in [9.17, 15) is 18.4 Å². The molecule has 13 aromatic carbocycles. The second-order valence-corrected chi connectivity index (χ2v) is 26.6. The van der Waals surface area contributed by atoms with E-state index in [2.05, 4.69) is 169 Å². The van der Waals surface area contributed by atoms with Gasteiger partial charge < -0.3 is 27.7 Å². The Kier molecular flexibility index (Phi) is 15.3. The molecule has 0 N–H and O–H groups in total. The van der Waals surface area contributed by atoms with Crippen molar-refractivity contribution in [2.45, 2.75) is 19.3 Å². The first-order valence-electron chi connectivity index (χ1n) is 34.8. The zero-order chi connectivity index (χ0) is 72.3. The highest BCUT2D eigenvalue weighted by Crippen LogP contribution is 2.49. The molecule has 106 heavy (non-hydrogen) atoms. The maximum atomic E-state index is 15.7. The van der Waals surface area contributed by atoms with Crippen LogP contribution in [0.5, 0.6) is 0 Å². The van der Waals surface area contributed by atoms with E-state index >= 15 is 13.2 Å². The summed E-state index contributed by atoms with van der Waals surface area (Å²) in [5, 5.41) is 21.7. The number of rotatable bonds is 13. The van der Waals surface area contributed by atoms with Gasteiger partial charge in [-0.25, -0.2) is 0 Å². The smallest absolute Gasteiger partial charge is 0.345 e. The molecule has 0 saturated carbocycles. The fourth-order valence-corrected chi connectivity index (χ4v) is 16.0. The first-order valence-corrected chi connectivity index (χ1v) is 34.8. The summed E-state index contributed by atoms with van der Waals surface area (Å²) in [7, 11) is 1.95. The predicted molar refractivity (Wildman–Crippen MR) is 424 cm³/mol. The number of aromatic nitrogens is 5. The third kappa shape index (κ3) is 10.4. The molecule has 0 radical (unpaired) electrons. The Morgan fingerprint density at radius 2 is 0.774 bits per heavy atom. The van der Waals surface area contributed by atoms with E-state index in [1.165, 1.54) is 6.07 Å². The first kappa shape index (κ1) is 64.5. The number of hydrogen-bond donors (Lipinski definition) is 0. The van der Waals surface area contributed by atoms with Crippen LogP contribution in [-0.4, -0.2) is 29.9 Å². The van der Waals surface area contributed by atoms with Gasteiger partial charge in [-0.15, -0.1) is 0 Å². The normalized spacial score (nSPS) is 12.6. The van der Waals surface area contributed by atoms with Crippen molar-refractivity contribution in [3.8, 4) is 56.8 Å². The lowest BCUT2D eigenvalue weighted by Crippen LogP contribution is -2.13. The molecule has 0 aliphatic carbocycles. The van der Waals surface area contributed by atoms with Gasteiger partial charge in [0.2, 0.25) is 0 Å². The second-order valence-electron chi connectivity index (χ2n) is 26.6. The van der Waals surface area contributed by atoms with Crippen molar-refractivity contribution in [2.75, 3.05) is 11.9 Å². The SMILES string of the molecule is C=C(\C=C/C=C\C=C/C=C\C)N(C)c1ccc2c(c1)c1cc(-n3c4ccccc4c4ccccc43)ccc1n2-c1ccc(-c2ccc(C(F)(F)F)cc2C(F)(F)F)cc1-c1c(C#N)cccc1-n1c2ccc(-n3c4ccccc4c4ccccc43)cc2c2cc(-n3c4ccccc4c4ccccc43)ccc21. The van der Waals surface area contributed by atoms with Crippen molar-refractivity contribution >= 4 is 115 Å². The zero-order valence-electron chi connectivity index (χ0n) is 57.2. The third-order valence-corrected chi connectivity index (χ3v) is 20.7. The maximum absolute atomic E-state index is 15.7. The van der Waals surface area contributed by atoms with Gasteiger partial charge in [-0.05, 0) is 170 Å². The lowest BCUT2D eigenvalue weighted by atomic mass is 9.90. The number of hydrogen-bond acceptors (Lipinski definition) is 2. The lowest BCUT2D eigenvalue weighted by molar-refractivity contribution is -0.142. The highest BCUT2D eigenvalue weighted by atomic mass is 19.4. The van der Waals surface area contributed by atoms with Gasteiger partial charge in [0.05, 0.1) is 89.3 Å². The zero-order valence-corrected chi connectivity index (χ0v) is 57.2. The Morgan fingerprint density at radius 1 is 0.368 bits per heavy atom. The van der Waals surface area contributed by atoms with Gasteiger partial charge >= 0.3 is 12.4 Å². The molecule has 0 fully saturated rings. The quantitative estimate of drug-likeness (QED) is 0.0853. The summed E-state index contributed by atoms with van der Waals surface area (Å²) < 4.78 is 102. The molecule has 0 saturated heterocycles. The molecule has 7 nitrogen and oxygen atoms in total. The average molecular weight is 1390 g/mol. The molecular formula is C93H61F6N7. The molecule has 18 aromatic rings. The highest BCUT2D eigenvalue weighted by Gasteiger charge is 2.39. The molecule has 5 heterocycles. The minimum Gasteiger partial charge on any atom is -0.345 e. The number of halogens is 6. The van der Waals surface area contributed by atoms with Gasteiger partial charge in [-0.3, -0.25) is 0 Å². The largest absolute Gasteiger partial charge is 0.417 e. The van der Waals surface area contributed by atoms with Crippen molar-refractivity contribution in [1.82, 2.24) is 22.8 Å². The van der Waals surface area contributed by atoms with Crippen LogP contribution in [0.3, 0.4) is 0 Å². The summed E-state index contributed by atoms with van der Waals surface area (Å²) >= 11 is 0. The van der Waals surface area contributed by atoms with Crippen LogP contribution in [0.1, 0.15) is 23.6 Å². The lowest BCUT2D eigenvalue weighted by Gasteiger charge is -2.22. The van der Waals surface area contributed by atoms with Crippen LogP contribution in [0.25, 0.3) is 160 Å². The monoisotopic (exact) mass is 1390 g/mol. The topological polar surface area (TPSA) is 51.7 Å². The molecule has 0 amide bonds. The van der Waals surface area contributed by atoms with Crippen molar-refractivity contribution in [1.29, 1.82) is 5.26 Å². The Labute approximate surface area is 604 Å². The van der Waals surface area contributed by atoms with Gasteiger partial charge in [0.15, 0.2) is 0 Å². The third-order valence-electron chi connectivity index (χ3n) is 20.7. The summed E-state index contributed by atoms with van der Waals surface area (Å²) in [6.45, 7) is 6.42. The van der Waals surface area contributed by atoms with Crippen LogP contribution in [0.2, 0.25) is 0 Å². The van der Waals surface area contributed by atoms with E-state index in [-0.39, 0.29) is 17.2 Å². The average Bonchev–Trinajstić information content (AvgIpc) is 1.52. The number of fused-ring (bicyclic) bond motifs is 15. The van der Waals surface area contributed by atoms with Gasteiger partial charge in [0.25, 0.3) is 0 Å². The molecule has 18 rings (SSSR count). The summed E-state index contributed by atoms with van der Waals surface area (Å²) in [6, 6.07) is 89.7. The van der Waals surface area contributed by atoms with Crippen molar-refractivity contribution in [3.05, 3.63) is 351 Å². The molecular weight excluding hydrogens is 1330 g/mol. The van der Waals surface area contributed by atoms with E-state index in [0.717, 1.165) is 132 Å². The number of likely N-dealkylation sites (N-methyl/N-ethyl adjacent to an activating group) is 1. The number of nitriles is 1. The number of nitrogens with zero attached hydrogens (tertiary/aromatic N) is 7. The molecule has 0 aliphatic heterocycles. The van der Waals surface area contributed by atoms with Gasteiger partial charge in [0, 0.05) is 100 Å². The minimum absolute atomic E-state index is 0.0269. The van der Waals surface area contributed by atoms with Gasteiger partial charge in [0.1, 0.15) is 0 Å².